The van der Waals surface area contributed by atoms with E-state index in [-0.39, 0.29) is 5.91 Å². The molecule has 1 N–H and O–H groups in total. The first kappa shape index (κ1) is 13.8. The van der Waals surface area contributed by atoms with Crippen molar-refractivity contribution in [3.05, 3.63) is 46.3 Å². The van der Waals surface area contributed by atoms with Crippen LogP contribution in [0.5, 0.6) is 0 Å². The maximum atomic E-state index is 12.3. The Hall–Kier alpha value is -2.21. The van der Waals surface area contributed by atoms with Crippen molar-refractivity contribution < 1.29 is 9.32 Å². The van der Waals surface area contributed by atoms with Crippen molar-refractivity contribution in [3.8, 4) is 0 Å². The lowest BCUT2D eigenvalue weighted by Gasteiger charge is -2.02. The predicted molar refractivity (Wildman–Crippen MR) is 81.4 cm³/mol. The Bertz CT molecular complexity index is 758. The highest BCUT2D eigenvalue weighted by atomic mass is 32.1. The molecule has 1 amide bonds. The van der Waals surface area contributed by atoms with Crippen LogP contribution in [0.25, 0.3) is 10.2 Å². The predicted octanol–water partition coefficient (Wildman–Crippen LogP) is 3.09. The number of aryl methyl sites for hydroxylation is 2. The van der Waals surface area contributed by atoms with Gasteiger partial charge in [0.15, 0.2) is 0 Å². The number of carbonyl (C=O) groups is 1. The third-order valence-corrected chi connectivity index (χ3v) is 4.27. The number of amides is 1. The number of nitrogens with zero attached hydrogens (tertiary/aromatic N) is 2. The van der Waals surface area contributed by atoms with Gasteiger partial charge in [-0.3, -0.25) is 4.79 Å². The standard InChI is InChI=1S/C15H15N3O2S/c1-3-10-14(9(2)20-18-10)15(19)16-8-13-17-11-6-4-5-7-12(11)21-13/h4-7H,3,8H2,1-2H3,(H,16,19). The molecular formula is C15H15N3O2S. The van der Waals surface area contributed by atoms with E-state index in [1.165, 1.54) is 0 Å². The number of hydrogen-bond acceptors (Lipinski definition) is 5. The summed E-state index contributed by atoms with van der Waals surface area (Å²) in [5.41, 5.74) is 2.19. The number of fused-ring (bicyclic) bond motifs is 1. The summed E-state index contributed by atoms with van der Waals surface area (Å²) in [5.74, 6) is 0.388. The molecule has 5 nitrogen and oxygen atoms in total. The number of aromatic nitrogens is 2. The first-order valence-electron chi connectivity index (χ1n) is 6.77. The molecule has 1 aromatic carbocycles. The summed E-state index contributed by atoms with van der Waals surface area (Å²) in [6.07, 6.45) is 0.668. The molecule has 0 radical (unpaired) electrons. The largest absolute Gasteiger partial charge is 0.361 e. The van der Waals surface area contributed by atoms with E-state index < -0.39 is 0 Å². The smallest absolute Gasteiger partial charge is 0.257 e. The van der Waals surface area contributed by atoms with Gasteiger partial charge in [-0.2, -0.15) is 0 Å². The van der Waals surface area contributed by atoms with Crippen molar-refractivity contribution in [2.45, 2.75) is 26.8 Å². The molecule has 0 spiro atoms. The summed E-state index contributed by atoms with van der Waals surface area (Å²) >= 11 is 1.59. The van der Waals surface area contributed by atoms with E-state index >= 15 is 0 Å². The van der Waals surface area contributed by atoms with Crippen molar-refractivity contribution in [2.75, 3.05) is 0 Å². The molecule has 6 heteroatoms. The van der Waals surface area contributed by atoms with Crippen molar-refractivity contribution >= 4 is 27.5 Å². The molecule has 0 unspecified atom stereocenters. The molecule has 0 bridgehead atoms. The molecule has 2 heterocycles. The molecule has 0 fully saturated rings. The van der Waals surface area contributed by atoms with Crippen LogP contribution in [0.1, 0.15) is 33.7 Å². The van der Waals surface area contributed by atoms with Crippen LogP contribution in [-0.4, -0.2) is 16.0 Å². The molecule has 3 aromatic rings. The first-order valence-corrected chi connectivity index (χ1v) is 7.58. The Morgan fingerprint density at radius 2 is 2.19 bits per heavy atom. The summed E-state index contributed by atoms with van der Waals surface area (Å²) in [6.45, 7) is 4.10. The fraction of sp³-hybridized carbons (Fsp3) is 0.267. The minimum Gasteiger partial charge on any atom is -0.361 e. The van der Waals surface area contributed by atoms with E-state index in [1.54, 1.807) is 18.3 Å². The van der Waals surface area contributed by atoms with Gasteiger partial charge in [0.05, 0.1) is 22.5 Å². The van der Waals surface area contributed by atoms with Crippen molar-refractivity contribution in [2.24, 2.45) is 0 Å². The summed E-state index contributed by atoms with van der Waals surface area (Å²) in [5, 5.41) is 7.67. The van der Waals surface area contributed by atoms with Gasteiger partial charge in [-0.15, -0.1) is 11.3 Å². The second-order valence-corrected chi connectivity index (χ2v) is 5.79. The average molecular weight is 301 g/mol. The molecule has 0 aliphatic rings. The minimum atomic E-state index is -0.162. The SMILES string of the molecule is CCc1noc(C)c1C(=O)NCc1nc2ccccc2s1. The number of thiazole rings is 1. The van der Waals surface area contributed by atoms with Gasteiger partial charge < -0.3 is 9.84 Å². The lowest BCUT2D eigenvalue weighted by molar-refractivity contribution is 0.0948. The lowest BCUT2D eigenvalue weighted by atomic mass is 10.1. The van der Waals surface area contributed by atoms with Crippen LogP contribution in [0.3, 0.4) is 0 Å². The molecule has 0 aliphatic carbocycles. The van der Waals surface area contributed by atoms with Crippen molar-refractivity contribution in [3.63, 3.8) is 0 Å². The van der Waals surface area contributed by atoms with E-state index in [0.717, 1.165) is 15.2 Å². The maximum Gasteiger partial charge on any atom is 0.257 e. The highest BCUT2D eigenvalue weighted by Crippen LogP contribution is 2.21. The van der Waals surface area contributed by atoms with Crippen molar-refractivity contribution in [1.29, 1.82) is 0 Å². The zero-order chi connectivity index (χ0) is 14.8. The highest BCUT2D eigenvalue weighted by molar-refractivity contribution is 7.18. The Labute approximate surface area is 126 Å². The number of nitrogens with one attached hydrogen (secondary N) is 1. The number of rotatable bonds is 4. The van der Waals surface area contributed by atoms with Crippen LogP contribution < -0.4 is 5.32 Å². The quantitative estimate of drug-likeness (QED) is 0.804. The number of para-hydroxylation sites is 1. The van der Waals surface area contributed by atoms with Gasteiger partial charge >= 0.3 is 0 Å². The molecule has 2 aromatic heterocycles. The average Bonchev–Trinajstić information content (AvgIpc) is 3.07. The van der Waals surface area contributed by atoms with Gasteiger partial charge in [0.2, 0.25) is 0 Å². The van der Waals surface area contributed by atoms with Gasteiger partial charge in [0.1, 0.15) is 16.3 Å². The third-order valence-electron chi connectivity index (χ3n) is 3.23. The zero-order valence-corrected chi connectivity index (χ0v) is 12.7. The van der Waals surface area contributed by atoms with Crippen LogP contribution >= 0.6 is 11.3 Å². The van der Waals surface area contributed by atoms with Gasteiger partial charge in [0, 0.05) is 0 Å². The van der Waals surface area contributed by atoms with E-state index in [4.69, 9.17) is 4.52 Å². The summed E-state index contributed by atoms with van der Waals surface area (Å²) < 4.78 is 6.21. The van der Waals surface area contributed by atoms with Crippen LogP contribution in [-0.2, 0) is 13.0 Å². The molecule has 3 rings (SSSR count). The number of hydrogen-bond donors (Lipinski definition) is 1. The summed E-state index contributed by atoms with van der Waals surface area (Å²) in [4.78, 5) is 16.8. The number of carbonyl (C=O) groups excluding carboxylic acids is 1. The second-order valence-electron chi connectivity index (χ2n) is 4.67. The fourth-order valence-corrected chi connectivity index (χ4v) is 3.10. The molecule has 108 valence electrons. The Morgan fingerprint density at radius 1 is 1.38 bits per heavy atom. The maximum absolute atomic E-state index is 12.3. The molecule has 0 saturated heterocycles. The third kappa shape index (κ3) is 2.67. The topological polar surface area (TPSA) is 68.0 Å². The van der Waals surface area contributed by atoms with Crippen LogP contribution in [0.15, 0.2) is 28.8 Å². The molecule has 0 saturated carbocycles. The van der Waals surface area contributed by atoms with Gasteiger partial charge in [-0.1, -0.05) is 24.2 Å². The zero-order valence-electron chi connectivity index (χ0n) is 11.8. The Kier molecular flexibility index (Phi) is 3.70. The molecule has 0 aliphatic heterocycles. The normalized spacial score (nSPS) is 11.0. The van der Waals surface area contributed by atoms with Gasteiger partial charge in [-0.25, -0.2) is 4.98 Å². The Morgan fingerprint density at radius 3 is 2.95 bits per heavy atom. The first-order chi connectivity index (χ1) is 10.2. The second kappa shape index (κ2) is 5.65. The minimum absolute atomic E-state index is 0.162. The van der Waals surface area contributed by atoms with Crippen LogP contribution in [0.4, 0.5) is 0 Å². The highest BCUT2D eigenvalue weighted by Gasteiger charge is 2.19. The molecule has 0 atom stereocenters. The monoisotopic (exact) mass is 301 g/mol. The van der Waals surface area contributed by atoms with E-state index in [9.17, 15) is 4.79 Å². The van der Waals surface area contributed by atoms with Gasteiger partial charge in [0.25, 0.3) is 5.91 Å². The van der Waals surface area contributed by atoms with Crippen LogP contribution in [0, 0.1) is 6.92 Å². The van der Waals surface area contributed by atoms with Crippen molar-refractivity contribution in [1.82, 2.24) is 15.5 Å². The fourth-order valence-electron chi connectivity index (χ4n) is 2.19. The summed E-state index contributed by atoms with van der Waals surface area (Å²) in [7, 11) is 0. The number of benzene rings is 1. The Balaban J connectivity index is 1.75. The van der Waals surface area contributed by atoms with E-state index in [0.29, 0.717) is 30.0 Å². The van der Waals surface area contributed by atoms with E-state index in [2.05, 4.69) is 15.5 Å². The van der Waals surface area contributed by atoms with Crippen LogP contribution in [0.2, 0.25) is 0 Å². The molecular weight excluding hydrogens is 286 g/mol. The van der Waals surface area contributed by atoms with E-state index in [1.807, 2.05) is 31.2 Å². The summed E-state index contributed by atoms with van der Waals surface area (Å²) in [6, 6.07) is 7.93. The molecule has 21 heavy (non-hydrogen) atoms. The van der Waals surface area contributed by atoms with Gasteiger partial charge in [-0.05, 0) is 25.5 Å². The lowest BCUT2D eigenvalue weighted by Crippen LogP contribution is -2.24.